The third kappa shape index (κ3) is 0.520. The molecule has 3 unspecified atom stereocenters. The summed E-state index contributed by atoms with van der Waals surface area (Å²) in [4.78, 5) is 11.8. The number of rotatable bonds is 1. The van der Waals surface area contributed by atoms with Gasteiger partial charge in [-0.1, -0.05) is 6.92 Å². The molecule has 0 aromatic rings. The maximum absolute atomic E-state index is 11.8. The van der Waals surface area contributed by atoms with Crippen molar-refractivity contribution in [3.8, 4) is 0 Å². The van der Waals surface area contributed by atoms with Crippen LogP contribution in [0.2, 0.25) is 0 Å². The van der Waals surface area contributed by atoms with Crippen LogP contribution in [0.5, 0.6) is 0 Å². The van der Waals surface area contributed by atoms with Crippen LogP contribution >= 0.6 is 0 Å². The van der Waals surface area contributed by atoms with Crippen molar-refractivity contribution in [1.29, 1.82) is 0 Å². The first-order valence-electron chi connectivity index (χ1n) is 5.15. The summed E-state index contributed by atoms with van der Waals surface area (Å²) in [5.74, 6) is 2.31. The number of ether oxygens (including phenoxy) is 1. The van der Waals surface area contributed by atoms with Crippen molar-refractivity contribution in [3.63, 3.8) is 0 Å². The van der Waals surface area contributed by atoms with Crippen molar-refractivity contribution >= 4 is 5.97 Å². The molecule has 4 bridgehead atoms. The molecule has 4 fully saturated rings. The summed E-state index contributed by atoms with van der Waals surface area (Å²) in [6.45, 7) is 4.41. The van der Waals surface area contributed by atoms with E-state index in [4.69, 9.17) is 4.74 Å². The number of hydrogen-bond acceptors (Lipinski definition) is 2. The Morgan fingerprint density at radius 3 is 2.15 bits per heavy atom. The number of carbonyl (C=O) groups is 1. The van der Waals surface area contributed by atoms with Gasteiger partial charge in [-0.2, -0.15) is 0 Å². The SMILES string of the molecule is COC(=O)C1(C)C2CC3C(C2)C31C. The second kappa shape index (κ2) is 1.79. The molecule has 0 amide bonds. The number of carbonyl (C=O) groups excluding carboxylic acids is 1. The lowest BCUT2D eigenvalue weighted by Gasteiger charge is -2.30. The molecule has 72 valence electrons. The zero-order valence-corrected chi connectivity index (χ0v) is 8.46. The van der Waals surface area contributed by atoms with Gasteiger partial charge in [0.1, 0.15) is 0 Å². The molecular weight excluding hydrogens is 164 g/mol. The Kier molecular flexibility index (Phi) is 1.08. The van der Waals surface area contributed by atoms with Crippen molar-refractivity contribution < 1.29 is 9.53 Å². The predicted octanol–water partition coefficient (Wildman–Crippen LogP) is 1.84. The summed E-state index contributed by atoms with van der Waals surface area (Å²) >= 11 is 0. The molecule has 0 saturated heterocycles. The van der Waals surface area contributed by atoms with E-state index in [9.17, 15) is 4.79 Å². The van der Waals surface area contributed by atoms with Gasteiger partial charge in [-0.3, -0.25) is 4.79 Å². The van der Waals surface area contributed by atoms with Crippen LogP contribution in [-0.4, -0.2) is 13.1 Å². The molecule has 4 rings (SSSR count). The lowest BCUT2D eigenvalue weighted by Crippen LogP contribution is -2.37. The third-order valence-corrected chi connectivity index (χ3v) is 5.54. The van der Waals surface area contributed by atoms with E-state index < -0.39 is 0 Å². The molecule has 13 heavy (non-hydrogen) atoms. The molecule has 4 aliphatic carbocycles. The second-order valence-electron chi connectivity index (χ2n) is 5.36. The van der Waals surface area contributed by atoms with Crippen LogP contribution in [0.3, 0.4) is 0 Å². The molecule has 2 heteroatoms. The Bertz CT molecular complexity index is 284. The lowest BCUT2D eigenvalue weighted by atomic mass is 9.74. The van der Waals surface area contributed by atoms with Crippen molar-refractivity contribution in [1.82, 2.24) is 0 Å². The summed E-state index contributed by atoms with van der Waals surface area (Å²) in [6.07, 6.45) is 2.54. The molecule has 0 spiro atoms. The highest BCUT2D eigenvalue weighted by Crippen LogP contribution is 2.86. The van der Waals surface area contributed by atoms with Gasteiger partial charge >= 0.3 is 5.97 Å². The van der Waals surface area contributed by atoms with Gasteiger partial charge in [-0.25, -0.2) is 0 Å². The minimum Gasteiger partial charge on any atom is -0.469 e. The van der Waals surface area contributed by atoms with Crippen LogP contribution in [-0.2, 0) is 9.53 Å². The van der Waals surface area contributed by atoms with Crippen molar-refractivity contribution in [3.05, 3.63) is 0 Å². The molecule has 0 N–H and O–H groups in total. The van der Waals surface area contributed by atoms with E-state index in [0.29, 0.717) is 11.3 Å². The Hall–Kier alpha value is -0.530. The maximum Gasteiger partial charge on any atom is 0.312 e. The van der Waals surface area contributed by atoms with Gasteiger partial charge in [-0.05, 0) is 42.9 Å². The minimum atomic E-state index is -0.156. The Balaban J connectivity index is 2.06. The van der Waals surface area contributed by atoms with Gasteiger partial charge in [-0.15, -0.1) is 0 Å². The molecule has 0 aromatic heterocycles. The predicted molar refractivity (Wildman–Crippen MR) is 47.9 cm³/mol. The normalized spacial score (nSPS) is 61.0. The van der Waals surface area contributed by atoms with Crippen LogP contribution in [0.15, 0.2) is 0 Å². The van der Waals surface area contributed by atoms with E-state index in [-0.39, 0.29) is 11.4 Å². The quantitative estimate of drug-likeness (QED) is 0.575. The van der Waals surface area contributed by atoms with Crippen molar-refractivity contribution in [2.24, 2.45) is 28.6 Å². The zero-order valence-electron chi connectivity index (χ0n) is 8.46. The Morgan fingerprint density at radius 2 is 1.85 bits per heavy atom. The van der Waals surface area contributed by atoms with Crippen LogP contribution < -0.4 is 0 Å². The van der Waals surface area contributed by atoms with Gasteiger partial charge in [0, 0.05) is 0 Å². The number of esters is 1. The molecule has 0 aliphatic heterocycles. The molecule has 4 aliphatic rings. The minimum absolute atomic E-state index is 0.0301. The first-order chi connectivity index (χ1) is 6.06. The standard InChI is InChI=1S/C11H16O2/c1-10(9(12)13-3)6-4-7-8(5-6)11(7,10)2/h6-8H,4-5H2,1-3H3. The summed E-state index contributed by atoms with van der Waals surface area (Å²) < 4.78 is 4.96. The highest BCUT2D eigenvalue weighted by molar-refractivity contribution is 5.80. The van der Waals surface area contributed by atoms with E-state index in [2.05, 4.69) is 13.8 Å². The topological polar surface area (TPSA) is 26.3 Å². The summed E-state index contributed by atoms with van der Waals surface area (Å²) in [7, 11) is 1.52. The Labute approximate surface area is 78.6 Å². The van der Waals surface area contributed by atoms with E-state index in [1.54, 1.807) is 0 Å². The van der Waals surface area contributed by atoms with Crippen molar-refractivity contribution in [2.45, 2.75) is 26.7 Å². The third-order valence-electron chi connectivity index (χ3n) is 5.54. The average Bonchev–Trinajstić information content (AvgIpc) is 2.55. The van der Waals surface area contributed by atoms with E-state index in [1.807, 2.05) is 0 Å². The van der Waals surface area contributed by atoms with Gasteiger partial charge in [0.05, 0.1) is 12.5 Å². The van der Waals surface area contributed by atoms with Crippen LogP contribution in [0.25, 0.3) is 0 Å². The molecular formula is C11H16O2. The zero-order chi connectivity index (χ0) is 9.43. The molecule has 0 aromatic carbocycles. The van der Waals surface area contributed by atoms with E-state index in [0.717, 1.165) is 11.8 Å². The second-order valence-corrected chi connectivity index (χ2v) is 5.36. The first-order valence-corrected chi connectivity index (χ1v) is 5.15. The smallest absolute Gasteiger partial charge is 0.312 e. The van der Waals surface area contributed by atoms with E-state index in [1.165, 1.54) is 20.0 Å². The van der Waals surface area contributed by atoms with Gasteiger partial charge < -0.3 is 4.74 Å². The highest BCUT2D eigenvalue weighted by atomic mass is 16.5. The van der Waals surface area contributed by atoms with E-state index >= 15 is 0 Å². The lowest BCUT2D eigenvalue weighted by molar-refractivity contribution is -0.156. The highest BCUT2D eigenvalue weighted by Gasteiger charge is 2.84. The van der Waals surface area contributed by atoms with Gasteiger partial charge in [0.25, 0.3) is 0 Å². The summed E-state index contributed by atoms with van der Waals surface area (Å²) in [5.41, 5.74) is 0.141. The van der Waals surface area contributed by atoms with Crippen molar-refractivity contribution in [2.75, 3.05) is 7.11 Å². The molecule has 0 radical (unpaired) electrons. The fraction of sp³-hybridized carbons (Fsp3) is 0.909. The monoisotopic (exact) mass is 180 g/mol. The molecule has 4 saturated carbocycles. The average molecular weight is 180 g/mol. The Morgan fingerprint density at radius 1 is 1.31 bits per heavy atom. The summed E-state index contributed by atoms with van der Waals surface area (Å²) in [5, 5.41) is 0. The fourth-order valence-corrected chi connectivity index (χ4v) is 4.51. The van der Waals surface area contributed by atoms with Crippen LogP contribution in [0.4, 0.5) is 0 Å². The number of hydrogen-bond donors (Lipinski definition) is 0. The molecule has 2 nitrogen and oxygen atoms in total. The van der Waals surface area contributed by atoms with Crippen LogP contribution in [0.1, 0.15) is 26.7 Å². The van der Waals surface area contributed by atoms with Gasteiger partial charge in [0.15, 0.2) is 0 Å². The maximum atomic E-state index is 11.8. The molecule has 3 atom stereocenters. The largest absolute Gasteiger partial charge is 0.469 e. The van der Waals surface area contributed by atoms with Crippen LogP contribution in [0, 0.1) is 28.6 Å². The number of methoxy groups -OCH3 is 1. The van der Waals surface area contributed by atoms with Gasteiger partial charge in [0.2, 0.25) is 0 Å². The molecule has 0 heterocycles. The fourth-order valence-electron chi connectivity index (χ4n) is 4.51. The first kappa shape index (κ1) is 7.84. The summed E-state index contributed by atoms with van der Waals surface area (Å²) in [6, 6.07) is 0.